The van der Waals surface area contributed by atoms with E-state index in [0.29, 0.717) is 25.8 Å². The van der Waals surface area contributed by atoms with Gasteiger partial charge in [0.2, 0.25) is 0 Å². The summed E-state index contributed by atoms with van der Waals surface area (Å²) in [6.45, 7) is 0. The van der Waals surface area contributed by atoms with Crippen molar-refractivity contribution in [3.05, 3.63) is 76.8 Å². The van der Waals surface area contributed by atoms with Crippen molar-refractivity contribution < 1.29 is 14.0 Å². The molecule has 0 aliphatic heterocycles. The summed E-state index contributed by atoms with van der Waals surface area (Å²) in [5, 5.41) is 1.06. The van der Waals surface area contributed by atoms with E-state index >= 15 is 0 Å². The Bertz CT molecular complexity index is 1130. The lowest BCUT2D eigenvalue weighted by Crippen LogP contribution is -2.04. The number of aromatic amines is 1. The summed E-state index contributed by atoms with van der Waals surface area (Å²) < 4.78 is 23.7. The van der Waals surface area contributed by atoms with Crippen LogP contribution in [0.15, 0.2) is 76.8 Å². The molecule has 0 saturated carbocycles. The van der Waals surface area contributed by atoms with Crippen molar-refractivity contribution in [1.29, 1.82) is 0 Å². The number of ether oxygens (including phenoxy) is 2. The second-order valence-corrected chi connectivity index (χ2v) is 8.78. The molecule has 0 spiro atoms. The number of nitrogens with zero attached hydrogens (tertiary/aromatic N) is 1. The van der Waals surface area contributed by atoms with Crippen molar-refractivity contribution >= 4 is 34.4 Å². The third-order valence-corrected chi connectivity index (χ3v) is 6.67. The number of halogens is 2. The molecule has 1 aromatic heterocycles. The summed E-state index contributed by atoms with van der Waals surface area (Å²) in [7, 11) is 3.23. The number of hydrogen-bond acceptors (Lipinski definition) is 4. The van der Waals surface area contributed by atoms with Crippen LogP contribution in [0.25, 0.3) is 22.5 Å². The van der Waals surface area contributed by atoms with E-state index in [1.807, 2.05) is 48.5 Å². The average molecular weight is 473 g/mol. The number of hydrogen-bond donors (Lipinski definition) is 1. The standard InChI is InChI=1S/C23H18Cl2N2O3S/c1-29-16-7-3-14(4-8-16)21-22(15-5-9-17(30-2)10-6-15)27-23(26-21)31(28)18-11-12-19(24)20(25)13-18/h3-13H,1-2H3,(H,26,27). The van der Waals surface area contributed by atoms with Crippen LogP contribution in [0.2, 0.25) is 10.0 Å². The highest BCUT2D eigenvalue weighted by atomic mass is 35.5. The first-order chi connectivity index (χ1) is 15.0. The largest absolute Gasteiger partial charge is 0.604 e. The van der Waals surface area contributed by atoms with Crippen molar-refractivity contribution in [3.8, 4) is 34.0 Å². The Morgan fingerprint density at radius 3 is 1.94 bits per heavy atom. The molecule has 5 nitrogen and oxygen atoms in total. The topological polar surface area (TPSA) is 70.2 Å². The van der Waals surface area contributed by atoms with Crippen molar-refractivity contribution in [1.82, 2.24) is 9.97 Å². The molecular formula is C23H18Cl2N2O3S. The molecule has 0 radical (unpaired) electrons. The van der Waals surface area contributed by atoms with Gasteiger partial charge in [0.05, 0.1) is 41.1 Å². The highest BCUT2D eigenvalue weighted by molar-refractivity contribution is 7.91. The van der Waals surface area contributed by atoms with Gasteiger partial charge in [0, 0.05) is 17.2 Å². The minimum absolute atomic E-state index is 0.315. The SMILES string of the molecule is COc1ccc(-c2nc([S+]([O-])c3ccc(Cl)c(Cl)c3)[nH]c2-c2ccc(OC)cc2)cc1. The number of methoxy groups -OCH3 is 2. The van der Waals surface area contributed by atoms with Crippen molar-refractivity contribution in [2.45, 2.75) is 10.1 Å². The maximum absolute atomic E-state index is 13.2. The van der Waals surface area contributed by atoms with Crippen LogP contribution >= 0.6 is 23.2 Å². The van der Waals surface area contributed by atoms with Crippen LogP contribution in [0, 0.1) is 0 Å². The summed E-state index contributed by atoms with van der Waals surface area (Å²) >= 11 is 10.5. The van der Waals surface area contributed by atoms with E-state index in [1.165, 1.54) is 0 Å². The van der Waals surface area contributed by atoms with Gasteiger partial charge in [-0.05, 0) is 60.7 Å². The maximum Gasteiger partial charge on any atom is 0.327 e. The van der Waals surface area contributed by atoms with E-state index in [-0.39, 0.29) is 0 Å². The van der Waals surface area contributed by atoms with Gasteiger partial charge in [0.15, 0.2) is 4.90 Å². The Kier molecular flexibility index (Phi) is 6.43. The molecule has 1 atom stereocenters. The second kappa shape index (κ2) is 9.24. The third-order valence-electron chi connectivity index (χ3n) is 4.70. The fourth-order valence-corrected chi connectivity index (χ4v) is 4.44. The summed E-state index contributed by atoms with van der Waals surface area (Å²) in [6.07, 6.45) is 0. The van der Waals surface area contributed by atoms with E-state index in [0.717, 1.165) is 28.3 Å². The van der Waals surface area contributed by atoms with Crippen LogP contribution in [0.3, 0.4) is 0 Å². The van der Waals surface area contributed by atoms with Crippen LogP contribution in [0.4, 0.5) is 0 Å². The van der Waals surface area contributed by atoms with Crippen LogP contribution in [-0.4, -0.2) is 28.7 Å². The lowest BCUT2D eigenvalue weighted by molar-refractivity contribution is 0.414. The number of H-pyrrole nitrogens is 1. The number of nitrogens with one attached hydrogen (secondary N) is 1. The minimum Gasteiger partial charge on any atom is -0.604 e. The van der Waals surface area contributed by atoms with Gasteiger partial charge >= 0.3 is 5.16 Å². The molecule has 158 valence electrons. The Balaban J connectivity index is 1.81. The van der Waals surface area contributed by atoms with E-state index in [4.69, 9.17) is 32.7 Å². The first-order valence-electron chi connectivity index (χ1n) is 9.26. The van der Waals surface area contributed by atoms with Gasteiger partial charge in [-0.3, -0.25) is 4.98 Å². The van der Waals surface area contributed by atoms with Gasteiger partial charge in [-0.2, -0.15) is 4.98 Å². The number of aromatic nitrogens is 2. The van der Waals surface area contributed by atoms with Crippen molar-refractivity contribution in [2.75, 3.05) is 14.2 Å². The van der Waals surface area contributed by atoms with E-state index < -0.39 is 11.2 Å². The van der Waals surface area contributed by atoms with Crippen LogP contribution < -0.4 is 9.47 Å². The third kappa shape index (κ3) is 4.52. The Labute approximate surface area is 193 Å². The predicted octanol–water partition coefficient (Wildman–Crippen LogP) is 6.23. The first kappa shape index (κ1) is 21.6. The van der Waals surface area contributed by atoms with Crippen molar-refractivity contribution in [3.63, 3.8) is 0 Å². The molecule has 1 heterocycles. The molecular weight excluding hydrogens is 455 g/mol. The van der Waals surface area contributed by atoms with E-state index in [9.17, 15) is 4.55 Å². The lowest BCUT2D eigenvalue weighted by atomic mass is 10.0. The molecule has 31 heavy (non-hydrogen) atoms. The summed E-state index contributed by atoms with van der Waals surface area (Å²) in [5.74, 6) is 1.48. The van der Waals surface area contributed by atoms with Crippen molar-refractivity contribution in [2.24, 2.45) is 0 Å². The zero-order valence-electron chi connectivity index (χ0n) is 16.7. The monoisotopic (exact) mass is 472 g/mol. The molecule has 0 aliphatic rings. The quantitative estimate of drug-likeness (QED) is 0.337. The van der Waals surface area contributed by atoms with E-state index in [1.54, 1.807) is 32.4 Å². The lowest BCUT2D eigenvalue weighted by Gasteiger charge is -2.07. The summed E-state index contributed by atoms with van der Waals surface area (Å²) in [6, 6.07) is 20.0. The molecule has 0 saturated heterocycles. The zero-order valence-corrected chi connectivity index (χ0v) is 19.0. The second-order valence-electron chi connectivity index (χ2n) is 6.57. The molecule has 0 amide bonds. The highest BCUT2D eigenvalue weighted by Gasteiger charge is 2.24. The molecule has 0 aliphatic carbocycles. The first-order valence-corrected chi connectivity index (χ1v) is 11.2. The van der Waals surface area contributed by atoms with Crippen LogP contribution in [-0.2, 0) is 11.2 Å². The van der Waals surface area contributed by atoms with Gasteiger partial charge in [-0.25, -0.2) is 0 Å². The molecule has 3 aromatic carbocycles. The summed E-state index contributed by atoms with van der Waals surface area (Å²) in [4.78, 5) is 8.42. The normalized spacial score (nSPS) is 11.9. The molecule has 0 bridgehead atoms. The van der Waals surface area contributed by atoms with Gasteiger partial charge in [-0.15, -0.1) is 0 Å². The van der Waals surface area contributed by atoms with Gasteiger partial charge in [0.1, 0.15) is 17.2 Å². The van der Waals surface area contributed by atoms with Gasteiger partial charge in [0.25, 0.3) is 0 Å². The average Bonchev–Trinajstić information content (AvgIpc) is 3.26. The van der Waals surface area contributed by atoms with E-state index in [2.05, 4.69) is 9.97 Å². The molecule has 0 fully saturated rings. The number of imidazole rings is 1. The summed E-state index contributed by atoms with van der Waals surface area (Å²) in [5.41, 5.74) is 3.17. The number of rotatable bonds is 6. The molecule has 1 unspecified atom stereocenters. The minimum atomic E-state index is -1.57. The van der Waals surface area contributed by atoms with Gasteiger partial charge < -0.3 is 14.0 Å². The van der Waals surface area contributed by atoms with Crippen LogP contribution in [0.5, 0.6) is 11.5 Å². The maximum atomic E-state index is 13.2. The number of benzene rings is 3. The fraction of sp³-hybridized carbons (Fsp3) is 0.0870. The fourth-order valence-electron chi connectivity index (χ4n) is 3.07. The molecule has 4 aromatic rings. The zero-order chi connectivity index (χ0) is 22.0. The predicted molar refractivity (Wildman–Crippen MR) is 124 cm³/mol. The Morgan fingerprint density at radius 2 is 1.39 bits per heavy atom. The van der Waals surface area contributed by atoms with Gasteiger partial charge in [-0.1, -0.05) is 23.2 Å². The molecule has 1 N–H and O–H groups in total. The molecule has 4 rings (SSSR count). The smallest absolute Gasteiger partial charge is 0.327 e. The van der Waals surface area contributed by atoms with Crippen LogP contribution in [0.1, 0.15) is 0 Å². The highest BCUT2D eigenvalue weighted by Crippen LogP contribution is 2.35. The Morgan fingerprint density at radius 1 is 0.806 bits per heavy atom. The Hall–Kier alpha value is -2.64. The molecule has 8 heteroatoms.